The molecule has 1 aromatic heterocycles. The van der Waals surface area contributed by atoms with Crippen LogP contribution in [-0.4, -0.2) is 44.2 Å². The van der Waals surface area contributed by atoms with Crippen LogP contribution in [0.5, 0.6) is 5.75 Å². The Kier molecular flexibility index (Phi) is 8.58. The molecule has 102 valence electrons. The molecule has 8 nitrogen and oxygen atoms in total. The Bertz CT molecular complexity index is 507. The zero-order valence-corrected chi connectivity index (χ0v) is 13.9. The van der Waals surface area contributed by atoms with Crippen molar-refractivity contribution in [1.29, 1.82) is 0 Å². The van der Waals surface area contributed by atoms with Crippen LogP contribution in [0.25, 0.3) is 0 Å². The molecule has 0 radical (unpaired) electrons. The molecule has 1 amide bonds. The van der Waals surface area contributed by atoms with Crippen LogP contribution in [0.15, 0.2) is 18.5 Å². The Labute approximate surface area is 156 Å². The number of carbonyl (C=O) groups is 3. The fourth-order valence-electron chi connectivity index (χ4n) is 1.32. The molecular formula is C11H12KN2O6+. The first kappa shape index (κ1) is 19.0. The number of carbonyl (C=O) groups excluding carboxylic acids is 1. The third-order valence-corrected chi connectivity index (χ3v) is 2.24. The van der Waals surface area contributed by atoms with Gasteiger partial charge in [0.15, 0.2) is 0 Å². The molecule has 0 bridgehead atoms. The van der Waals surface area contributed by atoms with E-state index in [9.17, 15) is 14.4 Å². The Morgan fingerprint density at radius 2 is 1.90 bits per heavy atom. The molecule has 0 saturated heterocycles. The third kappa shape index (κ3) is 6.44. The van der Waals surface area contributed by atoms with E-state index in [1.54, 1.807) is 0 Å². The minimum Gasteiger partial charge on any atom is -0.506 e. The predicted molar refractivity (Wildman–Crippen MR) is 61.7 cm³/mol. The second-order valence-electron chi connectivity index (χ2n) is 3.73. The number of aromatic hydroxyl groups is 1. The van der Waals surface area contributed by atoms with Crippen molar-refractivity contribution >= 4 is 17.8 Å². The van der Waals surface area contributed by atoms with E-state index in [2.05, 4.69) is 10.3 Å². The van der Waals surface area contributed by atoms with Crippen LogP contribution in [0, 0.1) is 0 Å². The van der Waals surface area contributed by atoms with Gasteiger partial charge in [-0.3, -0.25) is 14.6 Å². The van der Waals surface area contributed by atoms with Crippen molar-refractivity contribution < 1.29 is 81.1 Å². The SMILES string of the molecule is O=C(O)CCC(NC(=O)c1cncc(O)c1)C(=O)O.[K+]. The first-order chi connectivity index (χ1) is 8.90. The summed E-state index contributed by atoms with van der Waals surface area (Å²) in [7, 11) is 0. The summed E-state index contributed by atoms with van der Waals surface area (Å²) in [5, 5.41) is 28.7. The van der Waals surface area contributed by atoms with Gasteiger partial charge in [-0.05, 0) is 12.5 Å². The third-order valence-electron chi connectivity index (χ3n) is 2.24. The van der Waals surface area contributed by atoms with Crippen molar-refractivity contribution in [3.63, 3.8) is 0 Å². The van der Waals surface area contributed by atoms with E-state index in [0.29, 0.717) is 0 Å². The van der Waals surface area contributed by atoms with Crippen LogP contribution in [0.2, 0.25) is 0 Å². The van der Waals surface area contributed by atoms with E-state index < -0.39 is 23.9 Å². The first-order valence-corrected chi connectivity index (χ1v) is 5.29. The number of carboxylic acid groups (broad SMARTS) is 2. The molecule has 1 unspecified atom stereocenters. The van der Waals surface area contributed by atoms with Gasteiger partial charge in [-0.1, -0.05) is 0 Å². The summed E-state index contributed by atoms with van der Waals surface area (Å²) in [6, 6.07) is -0.190. The van der Waals surface area contributed by atoms with Gasteiger partial charge in [0.2, 0.25) is 0 Å². The van der Waals surface area contributed by atoms with E-state index in [-0.39, 0.29) is 75.5 Å². The summed E-state index contributed by atoms with van der Waals surface area (Å²) in [6.07, 6.45) is 1.67. The molecule has 0 aromatic carbocycles. The van der Waals surface area contributed by atoms with Gasteiger partial charge in [0.05, 0.1) is 11.8 Å². The quantitative estimate of drug-likeness (QED) is 0.407. The Hall–Kier alpha value is -1.00. The molecule has 4 N–H and O–H groups in total. The molecule has 0 aliphatic carbocycles. The molecule has 0 aliphatic heterocycles. The standard InChI is InChI=1S/C11H12N2O6.K/c14-7-3-6(4-12-5-7)10(17)13-8(11(18)19)1-2-9(15)16;/h3-5,8,14H,1-2H2,(H,13,17)(H,15,16)(H,18,19);/q;+1. The van der Waals surface area contributed by atoms with Gasteiger partial charge in [0, 0.05) is 12.6 Å². The molecule has 9 heteroatoms. The average Bonchev–Trinajstić information content (AvgIpc) is 2.33. The topological polar surface area (TPSA) is 137 Å². The number of amides is 1. The maximum Gasteiger partial charge on any atom is 1.00 e. The average molecular weight is 307 g/mol. The van der Waals surface area contributed by atoms with Crippen molar-refractivity contribution in [2.75, 3.05) is 0 Å². The van der Waals surface area contributed by atoms with Crippen LogP contribution in [0.4, 0.5) is 0 Å². The predicted octanol–water partition coefficient (Wildman–Crippen LogP) is -3.16. The minimum absolute atomic E-state index is 0. The van der Waals surface area contributed by atoms with Crippen LogP contribution in [0.3, 0.4) is 0 Å². The number of aromatic nitrogens is 1. The van der Waals surface area contributed by atoms with Gasteiger partial charge in [-0.15, -0.1) is 0 Å². The molecule has 1 heterocycles. The van der Waals surface area contributed by atoms with E-state index in [1.165, 1.54) is 0 Å². The smallest absolute Gasteiger partial charge is 0.506 e. The molecule has 1 aromatic rings. The molecule has 0 fully saturated rings. The van der Waals surface area contributed by atoms with Crippen LogP contribution < -0.4 is 56.7 Å². The Morgan fingerprint density at radius 3 is 2.40 bits per heavy atom. The summed E-state index contributed by atoms with van der Waals surface area (Å²) in [6.45, 7) is 0. The molecule has 1 rings (SSSR count). The van der Waals surface area contributed by atoms with E-state index in [0.717, 1.165) is 18.5 Å². The zero-order chi connectivity index (χ0) is 14.4. The number of hydrogen-bond donors (Lipinski definition) is 4. The number of hydrogen-bond acceptors (Lipinski definition) is 5. The fraction of sp³-hybridized carbons (Fsp3) is 0.273. The van der Waals surface area contributed by atoms with Crippen LogP contribution >= 0.6 is 0 Å². The van der Waals surface area contributed by atoms with E-state index in [4.69, 9.17) is 15.3 Å². The second-order valence-corrected chi connectivity index (χ2v) is 3.73. The minimum atomic E-state index is -1.33. The van der Waals surface area contributed by atoms with E-state index in [1.807, 2.05) is 0 Å². The largest absolute Gasteiger partial charge is 1.00 e. The summed E-state index contributed by atoms with van der Waals surface area (Å²) in [5.41, 5.74) is -0.0124. The number of nitrogens with one attached hydrogen (secondary N) is 1. The van der Waals surface area contributed by atoms with Gasteiger partial charge >= 0.3 is 63.3 Å². The fourth-order valence-corrected chi connectivity index (χ4v) is 1.32. The molecule has 0 saturated carbocycles. The summed E-state index contributed by atoms with van der Waals surface area (Å²) < 4.78 is 0. The second kappa shape index (κ2) is 9.03. The van der Waals surface area contributed by atoms with Crippen molar-refractivity contribution in [3.8, 4) is 5.75 Å². The summed E-state index contributed by atoms with van der Waals surface area (Å²) >= 11 is 0. The Morgan fingerprint density at radius 1 is 1.25 bits per heavy atom. The van der Waals surface area contributed by atoms with Gasteiger partial charge in [-0.2, -0.15) is 0 Å². The zero-order valence-electron chi connectivity index (χ0n) is 10.7. The molecular weight excluding hydrogens is 295 g/mol. The maximum absolute atomic E-state index is 11.7. The van der Waals surface area contributed by atoms with Crippen LogP contribution in [0.1, 0.15) is 23.2 Å². The molecule has 0 aliphatic rings. The van der Waals surface area contributed by atoms with Gasteiger partial charge in [0.1, 0.15) is 11.8 Å². The summed E-state index contributed by atoms with van der Waals surface area (Å²) in [4.78, 5) is 36.5. The van der Waals surface area contributed by atoms with Crippen LogP contribution in [-0.2, 0) is 9.59 Å². The monoisotopic (exact) mass is 307 g/mol. The number of rotatable bonds is 6. The first-order valence-electron chi connectivity index (χ1n) is 5.29. The van der Waals surface area contributed by atoms with E-state index >= 15 is 0 Å². The maximum atomic E-state index is 11.7. The number of aliphatic carboxylic acids is 2. The number of pyridine rings is 1. The van der Waals surface area contributed by atoms with Crippen molar-refractivity contribution in [2.45, 2.75) is 18.9 Å². The molecule has 1 atom stereocenters. The number of nitrogens with zero attached hydrogens (tertiary/aromatic N) is 1. The van der Waals surface area contributed by atoms with Gasteiger partial charge in [0.25, 0.3) is 5.91 Å². The molecule has 0 spiro atoms. The van der Waals surface area contributed by atoms with Gasteiger partial charge < -0.3 is 20.6 Å². The normalized spacial score (nSPS) is 11.0. The van der Waals surface area contributed by atoms with Crippen molar-refractivity contribution in [3.05, 3.63) is 24.0 Å². The van der Waals surface area contributed by atoms with Gasteiger partial charge in [-0.25, -0.2) is 4.79 Å². The molecule has 20 heavy (non-hydrogen) atoms. The van der Waals surface area contributed by atoms with Crippen molar-refractivity contribution in [2.24, 2.45) is 0 Å². The Balaban J connectivity index is 0.00000361. The summed E-state index contributed by atoms with van der Waals surface area (Å²) in [5.74, 6) is -3.46. The number of carboxylic acids is 2. The van der Waals surface area contributed by atoms with Crippen molar-refractivity contribution in [1.82, 2.24) is 10.3 Å².